The number of rotatable bonds is 5. The van der Waals surface area contributed by atoms with Crippen molar-refractivity contribution in [1.29, 1.82) is 0 Å². The van der Waals surface area contributed by atoms with Gasteiger partial charge in [0.15, 0.2) is 5.69 Å². The fourth-order valence-corrected chi connectivity index (χ4v) is 2.08. The van der Waals surface area contributed by atoms with Crippen LogP contribution in [0.25, 0.3) is 11.1 Å². The van der Waals surface area contributed by atoms with Crippen molar-refractivity contribution in [2.45, 2.75) is 6.92 Å². The SMILES string of the molecule is COc1cccc(-c2cnc(C(=O)NCC(=O)O)c(O)c2C)c1. The van der Waals surface area contributed by atoms with Gasteiger partial charge in [0.25, 0.3) is 5.91 Å². The summed E-state index contributed by atoms with van der Waals surface area (Å²) < 4.78 is 5.16. The molecule has 1 aromatic carbocycles. The Hall–Kier alpha value is -3.09. The molecule has 0 spiro atoms. The van der Waals surface area contributed by atoms with Gasteiger partial charge in [0.1, 0.15) is 18.0 Å². The summed E-state index contributed by atoms with van der Waals surface area (Å²) in [4.78, 5) is 26.3. The van der Waals surface area contributed by atoms with Gasteiger partial charge in [0.2, 0.25) is 0 Å². The highest BCUT2D eigenvalue weighted by Gasteiger charge is 2.18. The van der Waals surface area contributed by atoms with Gasteiger partial charge in [0.05, 0.1) is 7.11 Å². The van der Waals surface area contributed by atoms with Crippen LogP contribution >= 0.6 is 0 Å². The van der Waals surface area contributed by atoms with Crippen LogP contribution in [0.1, 0.15) is 16.1 Å². The van der Waals surface area contributed by atoms with Crippen LogP contribution in [-0.4, -0.2) is 40.7 Å². The Balaban J connectivity index is 2.37. The highest BCUT2D eigenvalue weighted by atomic mass is 16.5. The number of hydrogen-bond acceptors (Lipinski definition) is 5. The van der Waals surface area contributed by atoms with E-state index in [1.165, 1.54) is 6.20 Å². The lowest BCUT2D eigenvalue weighted by Crippen LogP contribution is -2.30. The zero-order chi connectivity index (χ0) is 17.0. The second kappa shape index (κ2) is 6.78. The molecular formula is C16H16N2O5. The van der Waals surface area contributed by atoms with Crippen molar-refractivity contribution in [2.24, 2.45) is 0 Å². The summed E-state index contributed by atoms with van der Waals surface area (Å²) in [6.45, 7) is 1.11. The molecule has 0 atom stereocenters. The van der Waals surface area contributed by atoms with Gasteiger partial charge in [-0.3, -0.25) is 9.59 Å². The van der Waals surface area contributed by atoms with Gasteiger partial charge in [-0.2, -0.15) is 0 Å². The van der Waals surface area contributed by atoms with Crippen molar-refractivity contribution in [1.82, 2.24) is 10.3 Å². The Kier molecular flexibility index (Phi) is 4.80. The van der Waals surface area contributed by atoms with Gasteiger partial charge in [-0.15, -0.1) is 0 Å². The largest absolute Gasteiger partial charge is 0.505 e. The molecule has 0 unspecified atom stereocenters. The first kappa shape index (κ1) is 16.3. The highest BCUT2D eigenvalue weighted by Crippen LogP contribution is 2.32. The maximum Gasteiger partial charge on any atom is 0.322 e. The van der Waals surface area contributed by atoms with E-state index in [0.29, 0.717) is 16.9 Å². The van der Waals surface area contributed by atoms with Crippen LogP contribution in [0, 0.1) is 6.92 Å². The summed E-state index contributed by atoms with van der Waals surface area (Å²) >= 11 is 0. The standard InChI is InChI=1S/C16H16N2O5/c1-9-12(10-4-3-5-11(6-10)23-2)7-17-14(15(9)21)16(22)18-8-13(19)20/h3-7,21H,8H2,1-2H3,(H,18,22)(H,19,20). The molecule has 120 valence electrons. The number of hydrogen-bond donors (Lipinski definition) is 3. The Morgan fingerprint density at radius 2 is 2.09 bits per heavy atom. The lowest BCUT2D eigenvalue weighted by Gasteiger charge is -2.12. The topological polar surface area (TPSA) is 109 Å². The minimum absolute atomic E-state index is 0.213. The number of amides is 1. The summed E-state index contributed by atoms with van der Waals surface area (Å²) in [5.41, 5.74) is 1.68. The van der Waals surface area contributed by atoms with E-state index in [9.17, 15) is 14.7 Å². The van der Waals surface area contributed by atoms with Gasteiger partial charge < -0.3 is 20.3 Å². The zero-order valence-electron chi connectivity index (χ0n) is 12.7. The zero-order valence-corrected chi connectivity index (χ0v) is 12.7. The molecule has 7 nitrogen and oxygen atoms in total. The average Bonchev–Trinajstić information content (AvgIpc) is 2.55. The van der Waals surface area contributed by atoms with Gasteiger partial charge in [-0.1, -0.05) is 12.1 Å². The minimum Gasteiger partial charge on any atom is -0.505 e. The van der Waals surface area contributed by atoms with Gasteiger partial charge in [-0.05, 0) is 24.6 Å². The lowest BCUT2D eigenvalue weighted by atomic mass is 10.0. The molecule has 2 rings (SSSR count). The third-order valence-electron chi connectivity index (χ3n) is 3.30. The maximum atomic E-state index is 11.9. The smallest absolute Gasteiger partial charge is 0.322 e. The summed E-state index contributed by atoms with van der Waals surface area (Å²) in [6, 6.07) is 7.21. The number of aromatic nitrogens is 1. The van der Waals surface area contributed by atoms with E-state index < -0.39 is 18.4 Å². The van der Waals surface area contributed by atoms with Crippen LogP contribution in [0.4, 0.5) is 0 Å². The number of ether oxygens (including phenoxy) is 1. The van der Waals surface area contributed by atoms with E-state index in [0.717, 1.165) is 5.56 Å². The number of carbonyl (C=O) groups excluding carboxylic acids is 1. The minimum atomic E-state index is -1.18. The molecule has 23 heavy (non-hydrogen) atoms. The molecule has 1 heterocycles. The first-order valence-electron chi connectivity index (χ1n) is 6.77. The Bertz CT molecular complexity index is 758. The highest BCUT2D eigenvalue weighted by molar-refractivity contribution is 5.97. The number of carbonyl (C=O) groups is 2. The van der Waals surface area contributed by atoms with E-state index >= 15 is 0 Å². The number of nitrogens with one attached hydrogen (secondary N) is 1. The number of aliphatic carboxylic acids is 1. The van der Waals surface area contributed by atoms with Crippen LogP contribution in [-0.2, 0) is 4.79 Å². The molecule has 0 aliphatic carbocycles. The van der Waals surface area contributed by atoms with Crippen molar-refractivity contribution < 1.29 is 24.5 Å². The third-order valence-corrected chi connectivity index (χ3v) is 3.30. The number of pyridine rings is 1. The third kappa shape index (κ3) is 3.57. The molecule has 1 amide bonds. The number of methoxy groups -OCH3 is 1. The molecule has 0 saturated carbocycles. The quantitative estimate of drug-likeness (QED) is 0.773. The summed E-state index contributed by atoms with van der Waals surface area (Å²) in [7, 11) is 1.55. The van der Waals surface area contributed by atoms with Crippen LogP contribution in [0.3, 0.4) is 0 Å². The van der Waals surface area contributed by atoms with E-state index in [-0.39, 0.29) is 11.4 Å². The van der Waals surface area contributed by atoms with Gasteiger partial charge >= 0.3 is 5.97 Å². The molecule has 0 fully saturated rings. The Morgan fingerprint density at radius 1 is 1.35 bits per heavy atom. The van der Waals surface area contributed by atoms with E-state index in [4.69, 9.17) is 9.84 Å². The second-order valence-corrected chi connectivity index (χ2v) is 4.80. The van der Waals surface area contributed by atoms with Gasteiger partial charge in [-0.25, -0.2) is 4.98 Å². The Labute approximate surface area is 132 Å². The maximum absolute atomic E-state index is 11.9. The van der Waals surface area contributed by atoms with Crippen molar-refractivity contribution in [2.75, 3.05) is 13.7 Å². The molecule has 0 aliphatic rings. The lowest BCUT2D eigenvalue weighted by molar-refractivity contribution is -0.135. The van der Waals surface area contributed by atoms with Crippen LogP contribution in [0.15, 0.2) is 30.5 Å². The average molecular weight is 316 g/mol. The first-order valence-corrected chi connectivity index (χ1v) is 6.77. The van der Waals surface area contributed by atoms with E-state index in [1.54, 1.807) is 32.2 Å². The monoisotopic (exact) mass is 316 g/mol. The predicted octanol–water partition coefficient (Wildman–Crippen LogP) is 1.59. The van der Waals surface area contributed by atoms with Crippen LogP contribution in [0.2, 0.25) is 0 Å². The van der Waals surface area contributed by atoms with Crippen molar-refractivity contribution in [3.8, 4) is 22.6 Å². The van der Waals surface area contributed by atoms with Crippen molar-refractivity contribution >= 4 is 11.9 Å². The molecule has 0 bridgehead atoms. The normalized spacial score (nSPS) is 10.2. The number of carboxylic acid groups (broad SMARTS) is 1. The second-order valence-electron chi connectivity index (χ2n) is 4.80. The molecule has 2 aromatic rings. The molecule has 3 N–H and O–H groups in total. The molecule has 0 aliphatic heterocycles. The molecule has 7 heteroatoms. The fraction of sp³-hybridized carbons (Fsp3) is 0.188. The molecule has 0 radical (unpaired) electrons. The van der Waals surface area contributed by atoms with Crippen LogP contribution < -0.4 is 10.1 Å². The van der Waals surface area contributed by atoms with E-state index in [1.807, 2.05) is 6.07 Å². The molecular weight excluding hydrogens is 300 g/mol. The van der Waals surface area contributed by atoms with Crippen LogP contribution in [0.5, 0.6) is 11.5 Å². The molecule has 0 saturated heterocycles. The molecule has 1 aromatic heterocycles. The van der Waals surface area contributed by atoms with Crippen molar-refractivity contribution in [3.05, 3.63) is 41.7 Å². The van der Waals surface area contributed by atoms with E-state index in [2.05, 4.69) is 10.3 Å². The van der Waals surface area contributed by atoms with Crippen molar-refractivity contribution in [3.63, 3.8) is 0 Å². The first-order chi connectivity index (χ1) is 10.9. The number of nitrogens with zero attached hydrogens (tertiary/aromatic N) is 1. The van der Waals surface area contributed by atoms with Gasteiger partial charge in [0, 0.05) is 17.3 Å². The number of benzene rings is 1. The Morgan fingerprint density at radius 3 is 2.74 bits per heavy atom. The predicted molar refractivity (Wildman–Crippen MR) is 82.6 cm³/mol. The summed E-state index contributed by atoms with van der Waals surface area (Å²) in [5.74, 6) is -1.55. The fourth-order valence-electron chi connectivity index (χ4n) is 2.08. The number of aromatic hydroxyl groups is 1. The summed E-state index contributed by atoms with van der Waals surface area (Å²) in [6.07, 6.45) is 1.46. The number of carboxylic acids is 1. The summed E-state index contributed by atoms with van der Waals surface area (Å²) in [5, 5.41) is 20.9.